The Hall–Kier alpha value is -2.12. The van der Waals surface area contributed by atoms with E-state index in [1.807, 2.05) is 13.8 Å². The fraction of sp³-hybridized carbons (Fsp3) is 0.333. The number of hydrogen-bond donors (Lipinski definition) is 1. The van der Waals surface area contributed by atoms with Gasteiger partial charge < -0.3 is 15.0 Å². The van der Waals surface area contributed by atoms with Gasteiger partial charge in [0.05, 0.1) is 5.02 Å². The number of nitrogens with zero attached hydrogens (tertiary/aromatic N) is 1. The van der Waals surface area contributed by atoms with Crippen molar-refractivity contribution in [1.29, 1.82) is 0 Å². The Kier molecular flexibility index (Phi) is 8.46. The summed E-state index contributed by atoms with van der Waals surface area (Å²) in [7, 11) is 0. The second kappa shape index (κ2) is 10.6. The summed E-state index contributed by atoms with van der Waals surface area (Å²) in [6.45, 7) is 5.18. The highest BCUT2D eigenvalue weighted by Gasteiger charge is 2.27. The SMILES string of the molecule is CC(C)NC(=O)[C@H](C)N(Cc1ccc(F)cc1)C(=O)COc1ccc(Br)cc1Cl. The first kappa shape index (κ1) is 23.2. The van der Waals surface area contributed by atoms with Gasteiger partial charge in [0.15, 0.2) is 6.61 Å². The third-order valence-electron chi connectivity index (χ3n) is 4.11. The lowest BCUT2D eigenvalue weighted by Gasteiger charge is -2.29. The number of halogens is 3. The molecule has 0 saturated carbocycles. The predicted molar refractivity (Wildman–Crippen MR) is 114 cm³/mol. The molecule has 2 aromatic carbocycles. The Labute approximate surface area is 183 Å². The molecule has 0 fully saturated rings. The van der Waals surface area contributed by atoms with Crippen LogP contribution in [0.25, 0.3) is 0 Å². The molecule has 29 heavy (non-hydrogen) atoms. The van der Waals surface area contributed by atoms with Crippen molar-refractivity contribution in [3.63, 3.8) is 0 Å². The van der Waals surface area contributed by atoms with Gasteiger partial charge >= 0.3 is 0 Å². The molecule has 0 spiro atoms. The summed E-state index contributed by atoms with van der Waals surface area (Å²) in [4.78, 5) is 26.8. The van der Waals surface area contributed by atoms with Crippen molar-refractivity contribution in [2.45, 2.75) is 39.4 Å². The fourth-order valence-electron chi connectivity index (χ4n) is 2.59. The lowest BCUT2D eigenvalue weighted by Crippen LogP contribution is -2.50. The van der Waals surface area contributed by atoms with Crippen LogP contribution in [0.4, 0.5) is 4.39 Å². The van der Waals surface area contributed by atoms with Gasteiger partial charge in [-0.05, 0) is 56.7 Å². The van der Waals surface area contributed by atoms with Crippen molar-refractivity contribution in [1.82, 2.24) is 10.2 Å². The van der Waals surface area contributed by atoms with Crippen LogP contribution in [0.5, 0.6) is 5.75 Å². The summed E-state index contributed by atoms with van der Waals surface area (Å²) in [6.07, 6.45) is 0. The van der Waals surface area contributed by atoms with Gasteiger partial charge in [0.25, 0.3) is 5.91 Å². The molecule has 2 aromatic rings. The molecule has 0 bridgehead atoms. The highest BCUT2D eigenvalue weighted by atomic mass is 79.9. The number of carbonyl (C=O) groups excluding carboxylic acids is 2. The molecule has 0 saturated heterocycles. The zero-order valence-electron chi connectivity index (χ0n) is 16.4. The average Bonchev–Trinajstić information content (AvgIpc) is 2.65. The molecule has 2 rings (SSSR count). The minimum absolute atomic E-state index is 0.0643. The van der Waals surface area contributed by atoms with Crippen LogP contribution < -0.4 is 10.1 Å². The molecule has 5 nitrogen and oxygen atoms in total. The van der Waals surface area contributed by atoms with Crippen LogP contribution in [0.15, 0.2) is 46.9 Å². The standard InChI is InChI=1S/C21H23BrClFN2O3/c1-13(2)25-21(28)14(3)26(11-15-4-7-17(24)8-5-15)20(27)12-29-19-9-6-16(22)10-18(19)23/h4-10,13-14H,11-12H2,1-3H3,(H,25,28)/t14-/m0/s1. The summed E-state index contributed by atoms with van der Waals surface area (Å²) < 4.78 is 19.6. The third-order valence-corrected chi connectivity index (χ3v) is 4.90. The number of hydrogen-bond acceptors (Lipinski definition) is 3. The van der Waals surface area contributed by atoms with Crippen molar-refractivity contribution in [2.75, 3.05) is 6.61 Å². The highest BCUT2D eigenvalue weighted by Crippen LogP contribution is 2.27. The molecular weight excluding hydrogens is 463 g/mol. The molecule has 0 aliphatic rings. The number of nitrogens with one attached hydrogen (secondary N) is 1. The van der Waals surface area contributed by atoms with Crippen LogP contribution in [-0.2, 0) is 16.1 Å². The van der Waals surface area contributed by atoms with Crippen LogP contribution >= 0.6 is 27.5 Å². The van der Waals surface area contributed by atoms with Gasteiger partial charge in [-0.25, -0.2) is 4.39 Å². The van der Waals surface area contributed by atoms with E-state index >= 15 is 0 Å². The van der Waals surface area contributed by atoms with E-state index in [-0.39, 0.29) is 36.8 Å². The molecule has 0 aromatic heterocycles. The average molecular weight is 486 g/mol. The molecule has 1 atom stereocenters. The maximum atomic E-state index is 13.2. The molecule has 0 heterocycles. The van der Waals surface area contributed by atoms with Gasteiger partial charge in [0, 0.05) is 17.1 Å². The number of ether oxygens (including phenoxy) is 1. The Balaban J connectivity index is 2.16. The first-order valence-electron chi connectivity index (χ1n) is 9.09. The molecule has 2 amide bonds. The zero-order chi connectivity index (χ0) is 21.6. The second-order valence-corrected chi connectivity index (χ2v) is 8.17. The van der Waals surface area contributed by atoms with Crippen LogP contribution in [0, 0.1) is 5.82 Å². The normalized spacial score (nSPS) is 11.8. The maximum Gasteiger partial charge on any atom is 0.261 e. The summed E-state index contributed by atoms with van der Waals surface area (Å²) >= 11 is 9.44. The molecule has 0 aliphatic heterocycles. The van der Waals surface area contributed by atoms with E-state index in [0.717, 1.165) is 4.47 Å². The fourth-order valence-corrected chi connectivity index (χ4v) is 3.32. The van der Waals surface area contributed by atoms with Crippen molar-refractivity contribution >= 4 is 39.3 Å². The van der Waals surface area contributed by atoms with Crippen molar-refractivity contribution < 1.29 is 18.7 Å². The molecular formula is C21H23BrClFN2O3. The van der Waals surface area contributed by atoms with E-state index in [1.165, 1.54) is 17.0 Å². The monoisotopic (exact) mass is 484 g/mol. The first-order chi connectivity index (χ1) is 13.7. The van der Waals surface area contributed by atoms with E-state index in [2.05, 4.69) is 21.2 Å². The molecule has 0 aliphatic carbocycles. The maximum absolute atomic E-state index is 13.2. The van der Waals surface area contributed by atoms with Crippen LogP contribution in [0.2, 0.25) is 5.02 Å². The minimum Gasteiger partial charge on any atom is -0.482 e. The number of rotatable bonds is 8. The lowest BCUT2D eigenvalue weighted by molar-refractivity contribution is -0.142. The van der Waals surface area contributed by atoms with Gasteiger partial charge in [-0.1, -0.05) is 39.7 Å². The third kappa shape index (κ3) is 7.01. The highest BCUT2D eigenvalue weighted by molar-refractivity contribution is 9.10. The minimum atomic E-state index is -0.737. The predicted octanol–water partition coefficient (Wildman–Crippen LogP) is 4.56. The Morgan fingerprint density at radius 3 is 2.41 bits per heavy atom. The summed E-state index contributed by atoms with van der Waals surface area (Å²) in [5.74, 6) is -0.675. The van der Waals surface area contributed by atoms with Crippen molar-refractivity contribution in [3.8, 4) is 5.75 Å². The van der Waals surface area contributed by atoms with Gasteiger partial charge in [0.1, 0.15) is 17.6 Å². The van der Waals surface area contributed by atoms with E-state index < -0.39 is 6.04 Å². The Morgan fingerprint density at radius 1 is 1.17 bits per heavy atom. The first-order valence-corrected chi connectivity index (χ1v) is 10.3. The zero-order valence-corrected chi connectivity index (χ0v) is 18.8. The topological polar surface area (TPSA) is 58.6 Å². The number of carbonyl (C=O) groups is 2. The Morgan fingerprint density at radius 2 is 1.83 bits per heavy atom. The van der Waals surface area contributed by atoms with E-state index in [9.17, 15) is 14.0 Å². The molecule has 8 heteroatoms. The van der Waals surface area contributed by atoms with Gasteiger partial charge in [-0.15, -0.1) is 0 Å². The van der Waals surface area contributed by atoms with Crippen LogP contribution in [-0.4, -0.2) is 35.4 Å². The van der Waals surface area contributed by atoms with E-state index in [0.29, 0.717) is 16.3 Å². The quantitative estimate of drug-likeness (QED) is 0.596. The van der Waals surface area contributed by atoms with Crippen molar-refractivity contribution in [3.05, 3.63) is 63.3 Å². The largest absolute Gasteiger partial charge is 0.482 e. The number of benzene rings is 2. The summed E-state index contributed by atoms with van der Waals surface area (Å²) in [5.41, 5.74) is 0.700. The van der Waals surface area contributed by atoms with E-state index in [1.54, 1.807) is 37.3 Å². The smallest absolute Gasteiger partial charge is 0.261 e. The van der Waals surface area contributed by atoms with Gasteiger partial charge in [0.2, 0.25) is 5.91 Å². The summed E-state index contributed by atoms with van der Waals surface area (Å²) in [6, 6.07) is 10.0. The van der Waals surface area contributed by atoms with Crippen LogP contribution in [0.3, 0.4) is 0 Å². The van der Waals surface area contributed by atoms with Crippen LogP contribution in [0.1, 0.15) is 26.3 Å². The van der Waals surface area contributed by atoms with Gasteiger partial charge in [-0.2, -0.15) is 0 Å². The Bertz CT molecular complexity index is 862. The molecule has 0 unspecified atom stereocenters. The summed E-state index contributed by atoms with van der Waals surface area (Å²) in [5, 5.41) is 3.17. The second-order valence-electron chi connectivity index (χ2n) is 6.85. The lowest BCUT2D eigenvalue weighted by atomic mass is 10.1. The van der Waals surface area contributed by atoms with Crippen molar-refractivity contribution in [2.24, 2.45) is 0 Å². The van der Waals surface area contributed by atoms with Gasteiger partial charge in [-0.3, -0.25) is 9.59 Å². The molecule has 156 valence electrons. The molecule has 0 radical (unpaired) electrons. The molecule has 1 N–H and O–H groups in total. The van der Waals surface area contributed by atoms with E-state index in [4.69, 9.17) is 16.3 Å². The number of amides is 2.